The van der Waals surface area contributed by atoms with Gasteiger partial charge in [-0.15, -0.1) is 0 Å². The summed E-state index contributed by atoms with van der Waals surface area (Å²) in [5, 5.41) is 13.4. The highest BCUT2D eigenvalue weighted by atomic mass is 16.5. The lowest BCUT2D eigenvalue weighted by Gasteiger charge is -2.45. The smallest absolute Gasteiger partial charge is 0.123 e. The van der Waals surface area contributed by atoms with Crippen LogP contribution < -0.4 is 9.47 Å². The molecule has 0 amide bonds. The number of benzene rings is 4. The highest BCUT2D eigenvalue weighted by molar-refractivity contribution is 5.88. The van der Waals surface area contributed by atoms with Gasteiger partial charge in [-0.05, 0) is 35.4 Å². The van der Waals surface area contributed by atoms with Crippen molar-refractivity contribution in [1.29, 1.82) is 0 Å². The van der Waals surface area contributed by atoms with Gasteiger partial charge in [-0.2, -0.15) is 0 Å². The van der Waals surface area contributed by atoms with E-state index in [1.807, 2.05) is 48.5 Å². The molecule has 0 atom stereocenters. The summed E-state index contributed by atoms with van der Waals surface area (Å²) in [6.07, 6.45) is 0.927. The minimum Gasteiger partial charge on any atom is -0.508 e. The summed E-state index contributed by atoms with van der Waals surface area (Å²) in [4.78, 5) is 4.91. The SMILES string of the molecule is COc1ccccc1CN1CCCN(Cc2ccccc2OC)C1c1c(O)ccc2ccccc12. The largest absolute Gasteiger partial charge is 0.508 e. The average Bonchev–Trinajstić information content (AvgIpc) is 2.90. The third kappa shape index (κ3) is 4.70. The molecule has 5 heteroatoms. The zero-order valence-corrected chi connectivity index (χ0v) is 20.4. The molecule has 4 aromatic rings. The van der Waals surface area contributed by atoms with Crippen molar-refractivity contribution >= 4 is 10.8 Å². The van der Waals surface area contributed by atoms with Crippen molar-refractivity contribution in [3.05, 3.63) is 102 Å². The molecule has 1 heterocycles. The van der Waals surface area contributed by atoms with Crippen LogP contribution in [0.4, 0.5) is 0 Å². The van der Waals surface area contributed by atoms with Crippen molar-refractivity contribution in [2.75, 3.05) is 27.3 Å². The Morgan fingerprint density at radius 2 is 1.26 bits per heavy atom. The van der Waals surface area contributed by atoms with Crippen LogP contribution in [0.25, 0.3) is 10.8 Å². The third-order valence-corrected chi connectivity index (χ3v) is 6.92. The van der Waals surface area contributed by atoms with Crippen molar-refractivity contribution in [1.82, 2.24) is 9.80 Å². The Hall–Kier alpha value is -3.54. The molecule has 0 unspecified atom stereocenters. The maximum absolute atomic E-state index is 11.2. The molecular formula is C30H32N2O3. The van der Waals surface area contributed by atoms with Gasteiger partial charge in [0, 0.05) is 42.9 Å². The summed E-state index contributed by atoms with van der Waals surface area (Å²) in [6, 6.07) is 28.5. The number of para-hydroxylation sites is 2. The number of rotatable bonds is 7. The van der Waals surface area contributed by atoms with Crippen molar-refractivity contribution in [2.45, 2.75) is 25.7 Å². The van der Waals surface area contributed by atoms with E-state index in [0.29, 0.717) is 5.75 Å². The van der Waals surface area contributed by atoms with Gasteiger partial charge in [-0.25, -0.2) is 0 Å². The van der Waals surface area contributed by atoms with Crippen LogP contribution in [0.1, 0.15) is 29.3 Å². The van der Waals surface area contributed by atoms with E-state index in [9.17, 15) is 5.11 Å². The number of methoxy groups -OCH3 is 2. The van der Waals surface area contributed by atoms with E-state index in [1.54, 1.807) is 14.2 Å². The molecule has 0 radical (unpaired) electrons. The zero-order chi connectivity index (χ0) is 24.2. The van der Waals surface area contributed by atoms with Crippen LogP contribution >= 0.6 is 0 Å². The third-order valence-electron chi connectivity index (χ3n) is 6.92. The second kappa shape index (κ2) is 10.4. The molecule has 0 aromatic heterocycles. The number of ether oxygens (including phenoxy) is 2. The van der Waals surface area contributed by atoms with Crippen LogP contribution in [0.3, 0.4) is 0 Å². The van der Waals surface area contributed by atoms with Gasteiger partial charge in [0.05, 0.1) is 20.4 Å². The quantitative estimate of drug-likeness (QED) is 0.362. The first kappa shape index (κ1) is 23.2. The first-order valence-corrected chi connectivity index (χ1v) is 12.1. The van der Waals surface area contributed by atoms with Gasteiger partial charge in [0.15, 0.2) is 0 Å². The lowest BCUT2D eigenvalue weighted by molar-refractivity contribution is -0.0101. The summed E-state index contributed by atoms with van der Waals surface area (Å²) < 4.78 is 11.3. The summed E-state index contributed by atoms with van der Waals surface area (Å²) in [6.45, 7) is 3.29. The molecule has 0 spiro atoms. The first-order chi connectivity index (χ1) is 17.2. The summed E-state index contributed by atoms with van der Waals surface area (Å²) in [5.74, 6) is 2.09. The highest BCUT2D eigenvalue weighted by Crippen LogP contribution is 2.41. The Bertz CT molecular complexity index is 1250. The molecule has 5 rings (SSSR count). The number of fused-ring (bicyclic) bond motifs is 1. The van der Waals surface area contributed by atoms with Crippen LogP contribution in [0.5, 0.6) is 17.2 Å². The topological polar surface area (TPSA) is 45.2 Å². The van der Waals surface area contributed by atoms with E-state index in [4.69, 9.17) is 9.47 Å². The minimum atomic E-state index is -0.107. The molecule has 180 valence electrons. The van der Waals surface area contributed by atoms with E-state index in [1.165, 1.54) is 0 Å². The molecule has 0 bridgehead atoms. The molecule has 35 heavy (non-hydrogen) atoms. The summed E-state index contributed by atoms with van der Waals surface area (Å²) in [5.41, 5.74) is 3.23. The molecular weight excluding hydrogens is 436 g/mol. The Kier molecular flexibility index (Phi) is 6.89. The second-order valence-corrected chi connectivity index (χ2v) is 9.01. The summed E-state index contributed by atoms with van der Waals surface area (Å²) in [7, 11) is 3.44. The fraction of sp³-hybridized carbons (Fsp3) is 0.267. The van der Waals surface area contributed by atoms with Crippen molar-refractivity contribution < 1.29 is 14.6 Å². The Balaban J connectivity index is 1.61. The van der Waals surface area contributed by atoms with E-state index in [2.05, 4.69) is 46.2 Å². The van der Waals surface area contributed by atoms with Gasteiger partial charge in [-0.1, -0.05) is 66.7 Å². The van der Waals surface area contributed by atoms with E-state index >= 15 is 0 Å². The average molecular weight is 469 g/mol. The van der Waals surface area contributed by atoms with Gasteiger partial charge in [0.1, 0.15) is 17.2 Å². The molecule has 1 aliphatic heterocycles. The van der Waals surface area contributed by atoms with Gasteiger partial charge in [-0.3, -0.25) is 9.80 Å². The van der Waals surface area contributed by atoms with Gasteiger partial charge in [0.25, 0.3) is 0 Å². The molecule has 4 aromatic carbocycles. The molecule has 1 aliphatic rings. The monoisotopic (exact) mass is 468 g/mol. The normalized spacial score (nSPS) is 15.4. The van der Waals surface area contributed by atoms with E-state index in [0.717, 1.165) is 71.6 Å². The predicted octanol–water partition coefficient (Wildman–Crippen LogP) is 5.97. The van der Waals surface area contributed by atoms with Crippen LogP contribution in [0.15, 0.2) is 84.9 Å². The molecule has 1 N–H and O–H groups in total. The Labute approximate surface area is 207 Å². The molecule has 5 nitrogen and oxygen atoms in total. The Morgan fingerprint density at radius 1 is 0.714 bits per heavy atom. The van der Waals surface area contributed by atoms with E-state index in [-0.39, 0.29) is 6.17 Å². The molecule has 0 aliphatic carbocycles. The number of hydrogen-bond donors (Lipinski definition) is 1. The number of nitrogens with zero attached hydrogens (tertiary/aromatic N) is 2. The number of phenolic OH excluding ortho intramolecular Hbond substituents is 1. The maximum atomic E-state index is 11.2. The van der Waals surface area contributed by atoms with Gasteiger partial charge >= 0.3 is 0 Å². The van der Waals surface area contributed by atoms with Crippen LogP contribution in [0.2, 0.25) is 0 Å². The number of aromatic hydroxyl groups is 1. The van der Waals surface area contributed by atoms with Crippen molar-refractivity contribution in [2.24, 2.45) is 0 Å². The minimum absolute atomic E-state index is 0.107. The van der Waals surface area contributed by atoms with Crippen LogP contribution in [-0.2, 0) is 13.1 Å². The second-order valence-electron chi connectivity index (χ2n) is 9.01. The summed E-state index contributed by atoms with van der Waals surface area (Å²) >= 11 is 0. The molecule has 0 saturated carbocycles. The number of hydrogen-bond acceptors (Lipinski definition) is 5. The Morgan fingerprint density at radius 3 is 1.86 bits per heavy atom. The molecule has 1 saturated heterocycles. The van der Waals surface area contributed by atoms with E-state index < -0.39 is 0 Å². The fourth-order valence-electron chi connectivity index (χ4n) is 5.31. The lowest BCUT2D eigenvalue weighted by Crippen LogP contribution is -2.47. The number of phenols is 1. The lowest BCUT2D eigenvalue weighted by atomic mass is 9.97. The first-order valence-electron chi connectivity index (χ1n) is 12.1. The van der Waals surface area contributed by atoms with Gasteiger partial charge in [0.2, 0.25) is 0 Å². The fourth-order valence-corrected chi connectivity index (χ4v) is 5.31. The molecule has 1 fully saturated rings. The maximum Gasteiger partial charge on any atom is 0.123 e. The van der Waals surface area contributed by atoms with Crippen molar-refractivity contribution in [3.8, 4) is 17.2 Å². The standard InChI is InChI=1S/C30H32N2O3/c1-34-27-14-7-4-11-23(27)20-31-18-9-19-32(21-24-12-5-8-15-28(24)35-2)30(31)29-25-13-6-3-10-22(25)16-17-26(29)33/h3-8,10-17,30,33H,9,18-21H2,1-2H3. The van der Waals surface area contributed by atoms with Crippen LogP contribution in [-0.4, -0.2) is 42.2 Å². The highest BCUT2D eigenvalue weighted by Gasteiger charge is 2.34. The van der Waals surface area contributed by atoms with Crippen LogP contribution in [0, 0.1) is 0 Å². The van der Waals surface area contributed by atoms with Gasteiger partial charge < -0.3 is 14.6 Å². The van der Waals surface area contributed by atoms with Crippen molar-refractivity contribution in [3.63, 3.8) is 0 Å². The predicted molar refractivity (Wildman–Crippen MR) is 140 cm³/mol. The zero-order valence-electron chi connectivity index (χ0n) is 20.4.